The van der Waals surface area contributed by atoms with Crippen LogP contribution in [0.2, 0.25) is 0 Å². The molecule has 0 amide bonds. The fraction of sp³-hybridized carbons (Fsp3) is 0.467. The summed E-state index contributed by atoms with van der Waals surface area (Å²) in [6.07, 6.45) is 6.69. The van der Waals surface area contributed by atoms with Gasteiger partial charge in [-0.3, -0.25) is 4.79 Å². The third kappa shape index (κ3) is 2.59. The zero-order valence-electron chi connectivity index (χ0n) is 11.2. The smallest absolute Gasteiger partial charge is 0.306 e. The molecule has 0 spiro atoms. The van der Waals surface area contributed by atoms with E-state index in [0.717, 1.165) is 35.7 Å². The topological polar surface area (TPSA) is 65.7 Å². The summed E-state index contributed by atoms with van der Waals surface area (Å²) in [7, 11) is 0. The van der Waals surface area contributed by atoms with Crippen molar-refractivity contribution in [2.75, 3.05) is 0 Å². The van der Waals surface area contributed by atoms with Crippen molar-refractivity contribution < 1.29 is 4.79 Å². The SMILES string of the molecule is O=C(c1cc2[nH]c(=O)[nH]c2cc1Br)C1CCCCCC1. The normalized spacial score (nSPS) is 17.2. The molecular weight excluding hydrogens is 320 g/mol. The average molecular weight is 337 g/mol. The first kappa shape index (κ1) is 13.6. The number of halogens is 1. The van der Waals surface area contributed by atoms with E-state index in [1.54, 1.807) is 12.1 Å². The van der Waals surface area contributed by atoms with Crippen LogP contribution in [-0.2, 0) is 0 Å². The Hall–Kier alpha value is -1.36. The highest BCUT2D eigenvalue weighted by molar-refractivity contribution is 9.10. The molecule has 3 rings (SSSR count). The molecule has 4 nitrogen and oxygen atoms in total. The van der Waals surface area contributed by atoms with Crippen LogP contribution in [0.5, 0.6) is 0 Å². The highest BCUT2D eigenvalue weighted by atomic mass is 79.9. The lowest BCUT2D eigenvalue weighted by molar-refractivity contribution is 0.0907. The van der Waals surface area contributed by atoms with Crippen LogP contribution in [0.15, 0.2) is 21.4 Å². The van der Waals surface area contributed by atoms with Gasteiger partial charge in [-0.15, -0.1) is 0 Å². The number of aromatic nitrogens is 2. The molecular formula is C15H17BrN2O2. The summed E-state index contributed by atoms with van der Waals surface area (Å²) in [6, 6.07) is 3.59. The molecule has 1 heterocycles. The van der Waals surface area contributed by atoms with Crippen molar-refractivity contribution in [3.63, 3.8) is 0 Å². The molecule has 2 aromatic rings. The number of hydrogen-bond acceptors (Lipinski definition) is 2. The summed E-state index contributed by atoms with van der Waals surface area (Å²) in [5.74, 6) is 0.319. The molecule has 20 heavy (non-hydrogen) atoms. The monoisotopic (exact) mass is 336 g/mol. The molecule has 106 valence electrons. The number of hydrogen-bond donors (Lipinski definition) is 2. The Balaban J connectivity index is 1.97. The molecule has 1 aliphatic carbocycles. The third-order valence-corrected chi connectivity index (χ3v) is 4.75. The molecule has 0 bridgehead atoms. The van der Waals surface area contributed by atoms with Gasteiger partial charge in [-0.1, -0.05) is 25.7 Å². The molecule has 0 unspecified atom stereocenters. The van der Waals surface area contributed by atoms with E-state index in [1.165, 1.54) is 12.8 Å². The number of rotatable bonds is 2. The summed E-state index contributed by atoms with van der Waals surface area (Å²) >= 11 is 3.46. The van der Waals surface area contributed by atoms with E-state index in [-0.39, 0.29) is 17.4 Å². The molecule has 2 N–H and O–H groups in total. The molecule has 1 saturated carbocycles. The standard InChI is InChI=1S/C15H17BrN2O2/c16-11-8-13-12(17-15(20)18-13)7-10(11)14(19)9-5-3-1-2-4-6-9/h7-9H,1-6H2,(H2,17,18,20). The van der Waals surface area contributed by atoms with Gasteiger partial charge in [0.15, 0.2) is 5.78 Å². The van der Waals surface area contributed by atoms with Gasteiger partial charge < -0.3 is 9.97 Å². The number of benzene rings is 1. The number of carbonyl (C=O) groups is 1. The Bertz CT molecular complexity index is 693. The molecule has 0 saturated heterocycles. The molecule has 1 fully saturated rings. The van der Waals surface area contributed by atoms with E-state index in [4.69, 9.17) is 0 Å². The maximum Gasteiger partial charge on any atom is 0.323 e. The summed E-state index contributed by atoms with van der Waals surface area (Å²) in [5.41, 5.74) is 1.85. The van der Waals surface area contributed by atoms with Crippen LogP contribution in [0.4, 0.5) is 0 Å². The van der Waals surface area contributed by atoms with Crippen molar-refractivity contribution >= 4 is 32.7 Å². The van der Waals surface area contributed by atoms with E-state index in [1.807, 2.05) is 0 Å². The molecule has 0 aliphatic heterocycles. The second kappa shape index (κ2) is 5.56. The fourth-order valence-electron chi connectivity index (χ4n) is 3.01. The van der Waals surface area contributed by atoms with Gasteiger partial charge in [0.05, 0.1) is 11.0 Å². The summed E-state index contributed by atoms with van der Waals surface area (Å²) in [5, 5.41) is 0. The van der Waals surface area contributed by atoms with Crippen LogP contribution in [0, 0.1) is 5.92 Å². The maximum atomic E-state index is 12.7. The fourth-order valence-corrected chi connectivity index (χ4v) is 3.55. The molecule has 1 aromatic heterocycles. The Morgan fingerprint density at radius 3 is 2.30 bits per heavy atom. The Morgan fingerprint density at radius 2 is 1.65 bits per heavy atom. The number of aromatic amines is 2. The Morgan fingerprint density at radius 1 is 1.05 bits per heavy atom. The minimum absolute atomic E-state index is 0.122. The number of Topliss-reactive ketones (excluding diaryl/α,β-unsaturated/α-hetero) is 1. The Kier molecular flexibility index (Phi) is 3.78. The second-order valence-electron chi connectivity index (χ2n) is 5.51. The van der Waals surface area contributed by atoms with Crippen LogP contribution >= 0.6 is 15.9 Å². The van der Waals surface area contributed by atoms with Crippen LogP contribution in [0.1, 0.15) is 48.9 Å². The largest absolute Gasteiger partial charge is 0.323 e. The lowest BCUT2D eigenvalue weighted by Crippen LogP contribution is -2.14. The first-order chi connectivity index (χ1) is 9.65. The first-order valence-electron chi connectivity index (χ1n) is 7.11. The number of imidazole rings is 1. The number of H-pyrrole nitrogens is 2. The maximum absolute atomic E-state index is 12.7. The van der Waals surface area contributed by atoms with Gasteiger partial charge in [0.25, 0.3) is 0 Å². The van der Waals surface area contributed by atoms with Crippen molar-refractivity contribution in [1.29, 1.82) is 0 Å². The van der Waals surface area contributed by atoms with E-state index in [9.17, 15) is 9.59 Å². The average Bonchev–Trinajstić information content (AvgIpc) is 2.64. The first-order valence-corrected chi connectivity index (χ1v) is 7.90. The van der Waals surface area contributed by atoms with Crippen molar-refractivity contribution in [2.45, 2.75) is 38.5 Å². The Labute approximate surface area is 125 Å². The van der Waals surface area contributed by atoms with E-state index < -0.39 is 0 Å². The number of carbonyl (C=O) groups excluding carboxylic acids is 1. The van der Waals surface area contributed by atoms with E-state index in [2.05, 4.69) is 25.9 Å². The zero-order chi connectivity index (χ0) is 14.1. The summed E-state index contributed by atoms with van der Waals surface area (Å²) in [6.45, 7) is 0. The van der Waals surface area contributed by atoms with E-state index in [0.29, 0.717) is 11.1 Å². The van der Waals surface area contributed by atoms with Gasteiger partial charge in [0.1, 0.15) is 0 Å². The number of nitrogens with one attached hydrogen (secondary N) is 2. The predicted octanol–water partition coefficient (Wildman–Crippen LogP) is 3.77. The van der Waals surface area contributed by atoms with E-state index >= 15 is 0 Å². The van der Waals surface area contributed by atoms with Crippen molar-refractivity contribution in [3.8, 4) is 0 Å². The van der Waals surface area contributed by atoms with Crippen LogP contribution in [0.25, 0.3) is 11.0 Å². The van der Waals surface area contributed by atoms with Crippen LogP contribution in [0.3, 0.4) is 0 Å². The van der Waals surface area contributed by atoms with Gasteiger partial charge in [-0.2, -0.15) is 0 Å². The number of ketones is 1. The second-order valence-corrected chi connectivity index (χ2v) is 6.36. The molecule has 0 atom stereocenters. The summed E-state index contributed by atoms with van der Waals surface area (Å²) < 4.78 is 0.759. The summed E-state index contributed by atoms with van der Waals surface area (Å²) in [4.78, 5) is 29.4. The number of fused-ring (bicyclic) bond motifs is 1. The zero-order valence-corrected chi connectivity index (χ0v) is 12.8. The van der Waals surface area contributed by atoms with Gasteiger partial charge in [-0.25, -0.2) is 4.79 Å². The highest BCUT2D eigenvalue weighted by Crippen LogP contribution is 2.30. The third-order valence-electron chi connectivity index (χ3n) is 4.10. The lowest BCUT2D eigenvalue weighted by atomic mass is 9.91. The minimum Gasteiger partial charge on any atom is -0.306 e. The van der Waals surface area contributed by atoms with Gasteiger partial charge >= 0.3 is 5.69 Å². The van der Waals surface area contributed by atoms with Gasteiger partial charge in [0, 0.05) is 16.0 Å². The van der Waals surface area contributed by atoms with Gasteiger partial charge in [-0.05, 0) is 40.9 Å². The van der Waals surface area contributed by atoms with Crippen molar-refractivity contribution in [1.82, 2.24) is 9.97 Å². The molecule has 1 aromatic carbocycles. The molecule has 1 aliphatic rings. The predicted molar refractivity (Wildman–Crippen MR) is 82.1 cm³/mol. The molecule has 5 heteroatoms. The molecule has 0 radical (unpaired) electrons. The van der Waals surface area contributed by atoms with Crippen LogP contribution < -0.4 is 5.69 Å². The van der Waals surface area contributed by atoms with Crippen molar-refractivity contribution in [3.05, 3.63) is 32.7 Å². The highest BCUT2D eigenvalue weighted by Gasteiger charge is 2.23. The minimum atomic E-state index is -0.244. The van der Waals surface area contributed by atoms with Crippen LogP contribution in [-0.4, -0.2) is 15.8 Å². The quantitative estimate of drug-likeness (QED) is 0.647. The van der Waals surface area contributed by atoms with Crippen molar-refractivity contribution in [2.24, 2.45) is 5.92 Å². The van der Waals surface area contributed by atoms with Gasteiger partial charge in [0.2, 0.25) is 0 Å². The lowest BCUT2D eigenvalue weighted by Gasteiger charge is -2.13.